The molecule has 1 aliphatic heterocycles. The highest BCUT2D eigenvalue weighted by molar-refractivity contribution is 7.14. The van der Waals surface area contributed by atoms with Crippen LogP contribution in [0.2, 0.25) is 0 Å². The summed E-state index contributed by atoms with van der Waals surface area (Å²) >= 11 is 1.20. The number of Topliss-reactive ketones (excluding diaryl/α,β-unsaturated/α-hetero) is 1. The lowest BCUT2D eigenvalue weighted by Gasteiger charge is -2.21. The van der Waals surface area contributed by atoms with Crippen LogP contribution >= 0.6 is 11.3 Å². The number of carbonyl (C=O) groups is 2. The zero-order valence-corrected chi connectivity index (χ0v) is 10.3. The van der Waals surface area contributed by atoms with E-state index in [1.807, 2.05) is 0 Å². The predicted molar refractivity (Wildman–Crippen MR) is 63.7 cm³/mol. The van der Waals surface area contributed by atoms with Crippen LogP contribution in [0.15, 0.2) is 0 Å². The van der Waals surface area contributed by atoms with E-state index in [9.17, 15) is 9.59 Å². The molecular weight excluding hydrogens is 240 g/mol. The van der Waals surface area contributed by atoms with Gasteiger partial charge in [-0.1, -0.05) is 6.42 Å². The molecule has 0 aliphatic carbocycles. The molecule has 1 aromatic heterocycles. The van der Waals surface area contributed by atoms with E-state index < -0.39 is 5.97 Å². The molecule has 0 spiro atoms. The van der Waals surface area contributed by atoms with Crippen molar-refractivity contribution >= 4 is 23.1 Å². The van der Waals surface area contributed by atoms with E-state index in [0.29, 0.717) is 5.01 Å². The highest BCUT2D eigenvalue weighted by atomic mass is 32.1. The van der Waals surface area contributed by atoms with E-state index in [-0.39, 0.29) is 22.4 Å². The molecule has 1 aromatic rings. The Bertz CT molecular complexity index is 418. The van der Waals surface area contributed by atoms with Crippen LogP contribution in [0.25, 0.3) is 0 Å². The Balaban J connectivity index is 2.32. The summed E-state index contributed by atoms with van der Waals surface area (Å²) in [6.45, 7) is 2.29. The molecule has 0 saturated carbocycles. The van der Waals surface area contributed by atoms with Gasteiger partial charge in [0.2, 0.25) is 0 Å². The van der Waals surface area contributed by atoms with Crippen LogP contribution < -0.4 is 5.32 Å². The van der Waals surface area contributed by atoms with Crippen molar-refractivity contribution in [3.63, 3.8) is 0 Å². The van der Waals surface area contributed by atoms with E-state index in [4.69, 9.17) is 5.11 Å². The van der Waals surface area contributed by atoms with Crippen molar-refractivity contribution in [2.45, 2.75) is 32.2 Å². The van der Waals surface area contributed by atoms with E-state index in [2.05, 4.69) is 10.3 Å². The van der Waals surface area contributed by atoms with E-state index >= 15 is 0 Å². The molecule has 1 aliphatic rings. The van der Waals surface area contributed by atoms with Crippen LogP contribution in [0.4, 0.5) is 0 Å². The van der Waals surface area contributed by atoms with Gasteiger partial charge in [0, 0.05) is 6.92 Å². The Morgan fingerprint density at radius 1 is 1.47 bits per heavy atom. The number of hydrogen-bond donors (Lipinski definition) is 2. The SMILES string of the molecule is CC(=O)c1sc(C2CCCCN2)nc1C(=O)O. The first-order valence-corrected chi connectivity index (χ1v) is 6.39. The van der Waals surface area contributed by atoms with Crippen LogP contribution in [0, 0.1) is 0 Å². The Labute approximate surface area is 103 Å². The molecule has 1 unspecified atom stereocenters. The first-order valence-electron chi connectivity index (χ1n) is 5.58. The van der Waals surface area contributed by atoms with Gasteiger partial charge < -0.3 is 10.4 Å². The minimum absolute atomic E-state index is 0.0972. The van der Waals surface area contributed by atoms with Crippen molar-refractivity contribution in [1.82, 2.24) is 10.3 Å². The third-order valence-electron chi connectivity index (χ3n) is 2.77. The molecule has 6 heteroatoms. The maximum atomic E-state index is 11.4. The fourth-order valence-corrected chi connectivity index (χ4v) is 2.99. The van der Waals surface area contributed by atoms with Gasteiger partial charge in [0.1, 0.15) is 9.88 Å². The van der Waals surface area contributed by atoms with Crippen molar-refractivity contribution in [3.05, 3.63) is 15.6 Å². The molecule has 2 N–H and O–H groups in total. The van der Waals surface area contributed by atoms with Gasteiger partial charge in [0.05, 0.1) is 6.04 Å². The second-order valence-electron chi connectivity index (χ2n) is 4.09. The van der Waals surface area contributed by atoms with E-state index in [1.54, 1.807) is 0 Å². The maximum absolute atomic E-state index is 11.4. The Kier molecular flexibility index (Phi) is 3.54. The zero-order chi connectivity index (χ0) is 12.4. The van der Waals surface area contributed by atoms with Gasteiger partial charge in [-0.05, 0) is 19.4 Å². The number of aromatic carboxylic acids is 1. The predicted octanol–water partition coefficient (Wildman–Crippen LogP) is 1.86. The first-order chi connectivity index (χ1) is 8.09. The van der Waals surface area contributed by atoms with Gasteiger partial charge in [-0.2, -0.15) is 0 Å². The zero-order valence-electron chi connectivity index (χ0n) is 9.52. The van der Waals surface area contributed by atoms with Crippen LogP contribution in [-0.4, -0.2) is 28.4 Å². The Morgan fingerprint density at radius 2 is 2.24 bits per heavy atom. The first kappa shape index (κ1) is 12.2. The summed E-state index contributed by atoms with van der Waals surface area (Å²) in [4.78, 5) is 26.7. The lowest BCUT2D eigenvalue weighted by molar-refractivity contribution is 0.0686. The number of aromatic nitrogens is 1. The molecule has 0 amide bonds. The van der Waals surface area contributed by atoms with Crippen LogP contribution in [-0.2, 0) is 0 Å². The number of nitrogens with zero attached hydrogens (tertiary/aromatic N) is 1. The third kappa shape index (κ3) is 2.53. The largest absolute Gasteiger partial charge is 0.476 e. The molecule has 0 radical (unpaired) electrons. The highest BCUT2D eigenvalue weighted by Crippen LogP contribution is 2.29. The van der Waals surface area contributed by atoms with Crippen molar-refractivity contribution < 1.29 is 14.7 Å². The van der Waals surface area contributed by atoms with Crippen LogP contribution in [0.1, 0.15) is 57.4 Å². The average Bonchev–Trinajstić information content (AvgIpc) is 2.75. The monoisotopic (exact) mass is 254 g/mol. The summed E-state index contributed by atoms with van der Waals surface area (Å²) in [6, 6.07) is 0.0972. The van der Waals surface area contributed by atoms with Gasteiger partial charge in [0.15, 0.2) is 11.5 Å². The number of nitrogens with one attached hydrogen (secondary N) is 1. The van der Waals surface area contributed by atoms with Crippen molar-refractivity contribution in [2.24, 2.45) is 0 Å². The number of piperidine rings is 1. The quantitative estimate of drug-likeness (QED) is 0.805. The fourth-order valence-electron chi connectivity index (χ4n) is 1.93. The minimum Gasteiger partial charge on any atom is -0.476 e. The smallest absolute Gasteiger partial charge is 0.356 e. The van der Waals surface area contributed by atoms with Gasteiger partial charge in [0.25, 0.3) is 0 Å². The number of carbonyl (C=O) groups excluding carboxylic acids is 1. The molecular formula is C11H14N2O3S. The number of hydrogen-bond acceptors (Lipinski definition) is 5. The molecule has 1 atom stereocenters. The number of rotatable bonds is 3. The fraction of sp³-hybridized carbons (Fsp3) is 0.545. The molecule has 2 heterocycles. The van der Waals surface area contributed by atoms with Gasteiger partial charge in [-0.25, -0.2) is 9.78 Å². The normalized spacial score (nSPS) is 20.2. The maximum Gasteiger partial charge on any atom is 0.356 e. The van der Waals surface area contributed by atoms with Gasteiger partial charge >= 0.3 is 5.97 Å². The van der Waals surface area contributed by atoms with E-state index in [1.165, 1.54) is 18.3 Å². The minimum atomic E-state index is -1.13. The Morgan fingerprint density at radius 3 is 2.71 bits per heavy atom. The van der Waals surface area contributed by atoms with Crippen LogP contribution in [0.5, 0.6) is 0 Å². The molecule has 1 fully saturated rings. The van der Waals surface area contributed by atoms with Crippen molar-refractivity contribution in [1.29, 1.82) is 0 Å². The molecule has 0 bridgehead atoms. The summed E-state index contributed by atoms with van der Waals surface area (Å²) in [5.74, 6) is -1.37. The lowest BCUT2D eigenvalue weighted by Crippen LogP contribution is -2.26. The van der Waals surface area contributed by atoms with Crippen molar-refractivity contribution in [3.8, 4) is 0 Å². The molecule has 0 aromatic carbocycles. The summed E-state index contributed by atoms with van der Waals surface area (Å²) in [7, 11) is 0. The second-order valence-corrected chi connectivity index (χ2v) is 5.12. The lowest BCUT2D eigenvalue weighted by atomic mass is 10.1. The van der Waals surface area contributed by atoms with E-state index in [0.717, 1.165) is 25.8 Å². The standard InChI is InChI=1S/C11H14N2O3S/c1-6(14)9-8(11(15)16)13-10(17-9)7-4-2-3-5-12-7/h7,12H,2-5H2,1H3,(H,15,16). The summed E-state index contributed by atoms with van der Waals surface area (Å²) in [5, 5.41) is 13.0. The van der Waals surface area contributed by atoms with Crippen molar-refractivity contribution in [2.75, 3.05) is 6.54 Å². The number of carboxylic acids is 1. The third-order valence-corrected chi connectivity index (χ3v) is 4.04. The summed E-state index contributed by atoms with van der Waals surface area (Å²) in [5.41, 5.74) is -0.107. The van der Waals surface area contributed by atoms with Gasteiger partial charge in [-0.15, -0.1) is 11.3 Å². The topological polar surface area (TPSA) is 79.3 Å². The summed E-state index contributed by atoms with van der Waals surface area (Å²) < 4.78 is 0. The molecule has 1 saturated heterocycles. The molecule has 5 nitrogen and oxygen atoms in total. The number of carboxylic acid groups (broad SMARTS) is 1. The second kappa shape index (κ2) is 4.93. The Hall–Kier alpha value is -1.27. The molecule has 92 valence electrons. The molecule has 2 rings (SSSR count). The van der Waals surface area contributed by atoms with Gasteiger partial charge in [-0.3, -0.25) is 4.79 Å². The number of ketones is 1. The summed E-state index contributed by atoms with van der Waals surface area (Å²) in [6.07, 6.45) is 3.19. The average molecular weight is 254 g/mol. The van der Waals surface area contributed by atoms with Crippen LogP contribution in [0.3, 0.4) is 0 Å². The highest BCUT2D eigenvalue weighted by Gasteiger charge is 2.25. The molecule has 17 heavy (non-hydrogen) atoms. The number of thiazole rings is 1.